The molecular weight excluding hydrogens is 186 g/mol. The van der Waals surface area contributed by atoms with Crippen molar-refractivity contribution in [2.24, 2.45) is 5.92 Å². The first-order chi connectivity index (χ1) is 7.31. The monoisotopic (exact) mass is 211 g/mol. The van der Waals surface area contributed by atoms with Gasteiger partial charge in [0.2, 0.25) is 0 Å². The van der Waals surface area contributed by atoms with Crippen LogP contribution in [0.4, 0.5) is 0 Å². The highest BCUT2D eigenvalue weighted by molar-refractivity contribution is 4.87. The minimum atomic E-state index is -0.0345. The number of rotatable bonds is 3. The molecule has 2 rings (SSSR count). The Hall–Kier alpha value is -0.0800. The Labute approximate surface area is 93.7 Å². The van der Waals surface area contributed by atoms with E-state index in [-0.39, 0.29) is 6.10 Å². The lowest BCUT2D eigenvalue weighted by atomic mass is 9.91. The van der Waals surface area contributed by atoms with E-state index in [2.05, 4.69) is 11.8 Å². The van der Waals surface area contributed by atoms with E-state index in [1.807, 2.05) is 0 Å². The quantitative estimate of drug-likeness (QED) is 0.775. The Morgan fingerprint density at radius 1 is 1.13 bits per heavy atom. The average Bonchev–Trinajstić information content (AvgIpc) is 2.66. The van der Waals surface area contributed by atoms with Gasteiger partial charge in [-0.05, 0) is 51.1 Å². The van der Waals surface area contributed by atoms with Gasteiger partial charge in [-0.1, -0.05) is 19.8 Å². The van der Waals surface area contributed by atoms with Crippen LogP contribution < -0.4 is 0 Å². The summed E-state index contributed by atoms with van der Waals surface area (Å²) in [6.07, 6.45) is 8.89. The van der Waals surface area contributed by atoms with Crippen LogP contribution in [-0.4, -0.2) is 35.2 Å². The average molecular weight is 211 g/mol. The van der Waals surface area contributed by atoms with Gasteiger partial charge in [0.25, 0.3) is 0 Å². The molecule has 1 heterocycles. The first-order valence-electron chi connectivity index (χ1n) is 6.73. The molecule has 0 radical (unpaired) electrons. The van der Waals surface area contributed by atoms with Gasteiger partial charge in [-0.2, -0.15) is 0 Å². The summed E-state index contributed by atoms with van der Waals surface area (Å²) < 4.78 is 0. The van der Waals surface area contributed by atoms with E-state index in [9.17, 15) is 5.11 Å². The maximum absolute atomic E-state index is 9.87. The van der Waals surface area contributed by atoms with Crippen LogP contribution in [0, 0.1) is 5.92 Å². The third-order valence-corrected chi connectivity index (χ3v) is 4.26. The van der Waals surface area contributed by atoms with Crippen molar-refractivity contribution < 1.29 is 5.11 Å². The highest BCUT2D eigenvalue weighted by Crippen LogP contribution is 2.29. The van der Waals surface area contributed by atoms with Crippen molar-refractivity contribution in [3.8, 4) is 0 Å². The standard InChI is InChI=1S/C13H25NO/c1-2-4-11-7-9-14(10-8-11)12-5-3-6-13(12)15/h11-13,15H,2-10H2,1H3/t12-,13-/m0/s1. The minimum absolute atomic E-state index is 0.0345. The fraction of sp³-hybridized carbons (Fsp3) is 1.00. The van der Waals surface area contributed by atoms with E-state index in [0.29, 0.717) is 6.04 Å². The van der Waals surface area contributed by atoms with Crippen molar-refractivity contribution in [3.05, 3.63) is 0 Å². The molecule has 2 fully saturated rings. The molecule has 0 unspecified atom stereocenters. The van der Waals surface area contributed by atoms with Crippen LogP contribution in [-0.2, 0) is 0 Å². The van der Waals surface area contributed by atoms with Crippen molar-refractivity contribution in [1.82, 2.24) is 4.90 Å². The zero-order valence-electron chi connectivity index (χ0n) is 9.99. The van der Waals surface area contributed by atoms with Crippen molar-refractivity contribution in [3.63, 3.8) is 0 Å². The van der Waals surface area contributed by atoms with E-state index in [1.54, 1.807) is 0 Å². The van der Waals surface area contributed by atoms with Gasteiger partial charge in [0.15, 0.2) is 0 Å². The maximum Gasteiger partial charge on any atom is 0.0695 e. The zero-order chi connectivity index (χ0) is 10.7. The Morgan fingerprint density at radius 3 is 2.40 bits per heavy atom. The van der Waals surface area contributed by atoms with Crippen LogP contribution in [0.15, 0.2) is 0 Å². The molecule has 2 heteroatoms. The molecule has 15 heavy (non-hydrogen) atoms. The molecule has 0 spiro atoms. The van der Waals surface area contributed by atoms with Crippen LogP contribution in [0.5, 0.6) is 0 Å². The van der Waals surface area contributed by atoms with Crippen molar-refractivity contribution in [1.29, 1.82) is 0 Å². The van der Waals surface area contributed by atoms with E-state index in [1.165, 1.54) is 51.6 Å². The topological polar surface area (TPSA) is 23.5 Å². The molecule has 1 N–H and O–H groups in total. The molecule has 2 aliphatic rings. The molecule has 88 valence electrons. The molecular formula is C13H25NO. The summed E-state index contributed by atoms with van der Waals surface area (Å²) in [6.45, 7) is 4.74. The van der Waals surface area contributed by atoms with Gasteiger partial charge in [0.1, 0.15) is 0 Å². The summed E-state index contributed by atoms with van der Waals surface area (Å²) in [4.78, 5) is 2.55. The van der Waals surface area contributed by atoms with Gasteiger partial charge >= 0.3 is 0 Å². The Morgan fingerprint density at radius 2 is 1.87 bits per heavy atom. The molecule has 1 saturated carbocycles. The lowest BCUT2D eigenvalue weighted by molar-refractivity contribution is 0.0471. The van der Waals surface area contributed by atoms with Gasteiger partial charge in [-0.3, -0.25) is 4.90 Å². The largest absolute Gasteiger partial charge is 0.391 e. The molecule has 0 aromatic rings. The van der Waals surface area contributed by atoms with E-state index in [0.717, 1.165) is 12.3 Å². The molecule has 0 aromatic carbocycles. The fourth-order valence-corrected chi connectivity index (χ4v) is 3.33. The Balaban J connectivity index is 1.77. The zero-order valence-corrected chi connectivity index (χ0v) is 9.99. The number of likely N-dealkylation sites (tertiary alicyclic amines) is 1. The van der Waals surface area contributed by atoms with E-state index in [4.69, 9.17) is 0 Å². The summed E-state index contributed by atoms with van der Waals surface area (Å²) in [7, 11) is 0. The Bertz CT molecular complexity index is 187. The second kappa shape index (κ2) is 5.31. The number of nitrogens with zero attached hydrogens (tertiary/aromatic N) is 1. The van der Waals surface area contributed by atoms with Crippen LogP contribution >= 0.6 is 0 Å². The normalized spacial score (nSPS) is 34.8. The number of aliphatic hydroxyl groups is 1. The summed E-state index contributed by atoms with van der Waals surface area (Å²) in [5.41, 5.74) is 0. The van der Waals surface area contributed by atoms with E-state index < -0.39 is 0 Å². The minimum Gasteiger partial charge on any atom is -0.391 e. The van der Waals surface area contributed by atoms with Crippen LogP contribution in [0.3, 0.4) is 0 Å². The first kappa shape index (κ1) is 11.4. The second-order valence-electron chi connectivity index (χ2n) is 5.33. The van der Waals surface area contributed by atoms with Gasteiger partial charge < -0.3 is 5.11 Å². The van der Waals surface area contributed by atoms with Crippen molar-refractivity contribution in [2.45, 2.75) is 64.0 Å². The lowest BCUT2D eigenvalue weighted by Gasteiger charge is -2.37. The van der Waals surface area contributed by atoms with Gasteiger partial charge in [0.05, 0.1) is 6.10 Å². The summed E-state index contributed by atoms with van der Waals surface area (Å²) in [5.74, 6) is 0.963. The third kappa shape index (κ3) is 2.73. The third-order valence-electron chi connectivity index (χ3n) is 4.26. The summed E-state index contributed by atoms with van der Waals surface area (Å²) in [5, 5.41) is 9.87. The highest BCUT2D eigenvalue weighted by atomic mass is 16.3. The number of hydrogen-bond acceptors (Lipinski definition) is 2. The van der Waals surface area contributed by atoms with Gasteiger partial charge in [0, 0.05) is 6.04 Å². The molecule has 0 amide bonds. The number of hydrogen-bond donors (Lipinski definition) is 1. The highest BCUT2D eigenvalue weighted by Gasteiger charge is 2.32. The number of piperidine rings is 1. The molecule has 0 aromatic heterocycles. The molecule has 0 bridgehead atoms. The van der Waals surface area contributed by atoms with Crippen molar-refractivity contribution in [2.75, 3.05) is 13.1 Å². The second-order valence-corrected chi connectivity index (χ2v) is 5.33. The van der Waals surface area contributed by atoms with Gasteiger partial charge in [-0.25, -0.2) is 0 Å². The predicted octanol–water partition coefficient (Wildman–Crippen LogP) is 2.41. The van der Waals surface area contributed by atoms with Gasteiger partial charge in [-0.15, -0.1) is 0 Å². The SMILES string of the molecule is CCCC1CCN([C@H]2CCC[C@@H]2O)CC1. The lowest BCUT2D eigenvalue weighted by Crippen LogP contribution is -2.45. The smallest absolute Gasteiger partial charge is 0.0695 e. The van der Waals surface area contributed by atoms with Crippen LogP contribution in [0.2, 0.25) is 0 Å². The molecule has 1 aliphatic carbocycles. The van der Waals surface area contributed by atoms with Crippen LogP contribution in [0.25, 0.3) is 0 Å². The summed E-state index contributed by atoms with van der Waals surface area (Å²) >= 11 is 0. The molecule has 1 aliphatic heterocycles. The Kier molecular flexibility index (Phi) is 4.04. The van der Waals surface area contributed by atoms with Crippen LogP contribution in [0.1, 0.15) is 51.9 Å². The molecule has 2 atom stereocenters. The van der Waals surface area contributed by atoms with E-state index >= 15 is 0 Å². The van der Waals surface area contributed by atoms with Crippen molar-refractivity contribution >= 4 is 0 Å². The molecule has 1 saturated heterocycles. The first-order valence-corrected chi connectivity index (χ1v) is 6.73. The molecule has 2 nitrogen and oxygen atoms in total. The maximum atomic E-state index is 9.87. The predicted molar refractivity (Wildman–Crippen MR) is 62.9 cm³/mol. The fourth-order valence-electron chi connectivity index (χ4n) is 3.33. The number of aliphatic hydroxyl groups excluding tert-OH is 1. The summed E-state index contributed by atoms with van der Waals surface area (Å²) in [6, 6.07) is 0.493.